The van der Waals surface area contributed by atoms with Gasteiger partial charge in [0.15, 0.2) is 0 Å². The molecule has 0 saturated heterocycles. The van der Waals surface area contributed by atoms with Crippen LogP contribution in [0.5, 0.6) is 11.5 Å². The Morgan fingerprint density at radius 3 is 2.33 bits per heavy atom. The minimum absolute atomic E-state index is 0.0595. The van der Waals surface area contributed by atoms with Crippen LogP contribution in [0, 0.1) is 0 Å². The quantitative estimate of drug-likeness (QED) is 0.757. The Labute approximate surface area is 161 Å². The maximum Gasteiger partial charge on any atom is 0.410 e. The topological polar surface area (TPSA) is 88.1 Å². The largest absolute Gasteiger partial charge is 0.507 e. The summed E-state index contributed by atoms with van der Waals surface area (Å²) in [5.74, 6) is 0.445. The Hall–Kier alpha value is -2.44. The predicted octanol–water partition coefficient (Wildman–Crippen LogP) is 3.40. The van der Waals surface area contributed by atoms with Crippen molar-refractivity contribution >= 4 is 12.0 Å². The van der Waals surface area contributed by atoms with E-state index in [1.807, 2.05) is 34.6 Å². The van der Waals surface area contributed by atoms with Gasteiger partial charge in [-0.3, -0.25) is 4.79 Å². The molecule has 152 valence electrons. The summed E-state index contributed by atoms with van der Waals surface area (Å²) < 4.78 is 10.4. The summed E-state index contributed by atoms with van der Waals surface area (Å²) in [7, 11) is 3.17. The first-order chi connectivity index (χ1) is 12.4. The highest BCUT2D eigenvalue weighted by Gasteiger charge is 2.26. The van der Waals surface area contributed by atoms with Crippen molar-refractivity contribution in [2.45, 2.75) is 58.6 Å². The minimum Gasteiger partial charge on any atom is -0.507 e. The van der Waals surface area contributed by atoms with E-state index in [0.717, 1.165) is 0 Å². The fourth-order valence-electron chi connectivity index (χ4n) is 2.55. The molecule has 1 aromatic carbocycles. The van der Waals surface area contributed by atoms with E-state index in [-0.39, 0.29) is 18.1 Å². The minimum atomic E-state index is -0.746. The Balaban J connectivity index is 2.55. The summed E-state index contributed by atoms with van der Waals surface area (Å²) in [6.45, 7) is 9.48. The first-order valence-electron chi connectivity index (χ1n) is 8.98. The second-order valence-corrected chi connectivity index (χ2v) is 8.06. The van der Waals surface area contributed by atoms with Gasteiger partial charge in [-0.25, -0.2) is 4.79 Å². The lowest BCUT2D eigenvalue weighted by Gasteiger charge is -2.28. The van der Waals surface area contributed by atoms with Crippen LogP contribution < -0.4 is 10.1 Å². The van der Waals surface area contributed by atoms with Crippen molar-refractivity contribution < 1.29 is 24.2 Å². The van der Waals surface area contributed by atoms with Crippen LogP contribution in [-0.4, -0.2) is 48.3 Å². The highest BCUT2D eigenvalue weighted by Crippen LogP contribution is 2.32. The number of rotatable bonds is 7. The van der Waals surface area contributed by atoms with Gasteiger partial charge >= 0.3 is 6.09 Å². The standard InChI is InChI=1S/C20H32N2O5/c1-19(2,3)27-18(25)22(6)12-8-9-17(24)21-20(4,5)15-11-10-14(26-7)13-16(15)23/h10-11,13,23H,8-9,12H2,1-7H3,(H,21,24). The molecule has 0 unspecified atom stereocenters. The van der Waals surface area contributed by atoms with Crippen molar-refractivity contribution in [3.8, 4) is 11.5 Å². The lowest BCUT2D eigenvalue weighted by molar-refractivity contribution is -0.123. The molecule has 0 radical (unpaired) electrons. The number of amides is 2. The maximum atomic E-state index is 12.3. The van der Waals surface area contributed by atoms with Gasteiger partial charge in [0.05, 0.1) is 12.6 Å². The number of carbonyl (C=O) groups excluding carboxylic acids is 2. The third-order valence-electron chi connectivity index (χ3n) is 3.93. The van der Waals surface area contributed by atoms with Crippen molar-refractivity contribution in [2.24, 2.45) is 0 Å². The number of hydrogen-bond acceptors (Lipinski definition) is 5. The number of phenols is 1. The normalized spacial score (nSPS) is 11.7. The number of hydrogen-bond donors (Lipinski definition) is 2. The molecule has 0 fully saturated rings. The van der Waals surface area contributed by atoms with Crippen LogP contribution in [0.1, 0.15) is 53.0 Å². The molecule has 0 saturated carbocycles. The maximum absolute atomic E-state index is 12.3. The number of phenolic OH excluding ortho intramolecular Hbond substituents is 1. The number of ether oxygens (including phenoxy) is 2. The Morgan fingerprint density at radius 1 is 1.19 bits per heavy atom. The van der Waals surface area contributed by atoms with E-state index in [4.69, 9.17) is 9.47 Å². The third-order valence-corrected chi connectivity index (χ3v) is 3.93. The first kappa shape index (κ1) is 22.6. The number of benzene rings is 1. The van der Waals surface area contributed by atoms with E-state index in [2.05, 4.69) is 5.32 Å². The molecule has 0 aromatic heterocycles. The van der Waals surface area contributed by atoms with Gasteiger partial charge in [0.2, 0.25) is 5.91 Å². The fourth-order valence-corrected chi connectivity index (χ4v) is 2.55. The van der Waals surface area contributed by atoms with E-state index in [0.29, 0.717) is 24.3 Å². The summed E-state index contributed by atoms with van der Waals surface area (Å²) >= 11 is 0. The molecule has 1 aromatic rings. The van der Waals surface area contributed by atoms with Crippen LogP contribution in [0.25, 0.3) is 0 Å². The monoisotopic (exact) mass is 380 g/mol. The van der Waals surface area contributed by atoms with Crippen LogP contribution in [0.3, 0.4) is 0 Å². The van der Waals surface area contributed by atoms with Crippen LogP contribution >= 0.6 is 0 Å². The highest BCUT2D eigenvalue weighted by molar-refractivity contribution is 5.77. The lowest BCUT2D eigenvalue weighted by Crippen LogP contribution is -2.41. The summed E-state index contributed by atoms with van der Waals surface area (Å²) in [4.78, 5) is 25.7. The number of methoxy groups -OCH3 is 1. The average molecular weight is 380 g/mol. The number of nitrogens with zero attached hydrogens (tertiary/aromatic N) is 1. The van der Waals surface area contributed by atoms with Gasteiger partial charge in [-0.1, -0.05) is 0 Å². The van der Waals surface area contributed by atoms with Crippen LogP contribution in [-0.2, 0) is 15.1 Å². The van der Waals surface area contributed by atoms with Gasteiger partial charge in [0.25, 0.3) is 0 Å². The SMILES string of the molecule is COc1ccc(C(C)(C)NC(=O)CCCN(C)C(=O)OC(C)(C)C)c(O)c1. The van der Waals surface area contributed by atoms with E-state index >= 15 is 0 Å². The zero-order valence-electron chi connectivity index (χ0n) is 17.4. The van der Waals surface area contributed by atoms with Gasteiger partial charge < -0.3 is 24.8 Å². The summed E-state index contributed by atoms with van der Waals surface area (Å²) in [5, 5.41) is 13.1. The molecular weight excluding hydrogens is 348 g/mol. The van der Waals surface area contributed by atoms with Crippen molar-refractivity contribution in [1.82, 2.24) is 10.2 Å². The lowest BCUT2D eigenvalue weighted by atomic mass is 9.93. The molecule has 0 aliphatic heterocycles. The molecule has 2 N–H and O–H groups in total. The molecule has 0 spiro atoms. The molecule has 0 bridgehead atoms. The zero-order valence-corrected chi connectivity index (χ0v) is 17.4. The number of carbonyl (C=O) groups is 2. The van der Waals surface area contributed by atoms with Crippen molar-refractivity contribution in [3.63, 3.8) is 0 Å². The molecule has 2 amide bonds. The summed E-state index contributed by atoms with van der Waals surface area (Å²) in [6, 6.07) is 4.97. The highest BCUT2D eigenvalue weighted by atomic mass is 16.6. The van der Waals surface area contributed by atoms with Crippen molar-refractivity contribution in [2.75, 3.05) is 20.7 Å². The molecule has 0 aliphatic carbocycles. The van der Waals surface area contributed by atoms with Crippen LogP contribution in [0.2, 0.25) is 0 Å². The van der Waals surface area contributed by atoms with Gasteiger partial charge in [-0.15, -0.1) is 0 Å². The van der Waals surface area contributed by atoms with Crippen molar-refractivity contribution in [3.05, 3.63) is 23.8 Å². The summed E-state index contributed by atoms with van der Waals surface area (Å²) in [5.41, 5.74) is -0.694. The van der Waals surface area contributed by atoms with Gasteiger partial charge in [0.1, 0.15) is 17.1 Å². The molecule has 0 heterocycles. The van der Waals surface area contributed by atoms with Gasteiger partial charge in [0, 0.05) is 31.6 Å². The van der Waals surface area contributed by atoms with Gasteiger partial charge in [-0.2, -0.15) is 0 Å². The molecule has 7 nitrogen and oxygen atoms in total. The third kappa shape index (κ3) is 7.37. The Morgan fingerprint density at radius 2 is 1.81 bits per heavy atom. The Kier molecular flexibility index (Phi) is 7.51. The zero-order chi connectivity index (χ0) is 20.8. The second-order valence-electron chi connectivity index (χ2n) is 8.06. The second kappa shape index (κ2) is 8.97. The molecule has 7 heteroatoms. The fraction of sp³-hybridized carbons (Fsp3) is 0.600. The molecule has 0 aliphatic rings. The van der Waals surface area contributed by atoms with E-state index in [1.165, 1.54) is 18.1 Å². The van der Waals surface area contributed by atoms with Gasteiger partial charge in [-0.05, 0) is 53.2 Å². The number of aromatic hydroxyl groups is 1. The number of nitrogens with one attached hydrogen (secondary N) is 1. The van der Waals surface area contributed by atoms with E-state index in [9.17, 15) is 14.7 Å². The average Bonchev–Trinajstić information content (AvgIpc) is 2.52. The molecule has 1 rings (SSSR count). The van der Waals surface area contributed by atoms with E-state index in [1.54, 1.807) is 19.2 Å². The smallest absolute Gasteiger partial charge is 0.410 e. The van der Waals surface area contributed by atoms with Crippen LogP contribution in [0.4, 0.5) is 4.79 Å². The predicted molar refractivity (Wildman–Crippen MR) is 104 cm³/mol. The van der Waals surface area contributed by atoms with Crippen molar-refractivity contribution in [1.29, 1.82) is 0 Å². The van der Waals surface area contributed by atoms with Crippen LogP contribution in [0.15, 0.2) is 18.2 Å². The molecule has 0 atom stereocenters. The molecular formula is C20H32N2O5. The van der Waals surface area contributed by atoms with E-state index < -0.39 is 17.2 Å². The Bertz CT molecular complexity index is 665. The first-order valence-corrected chi connectivity index (χ1v) is 8.98. The summed E-state index contributed by atoms with van der Waals surface area (Å²) in [6.07, 6.45) is 0.353. The molecule has 27 heavy (non-hydrogen) atoms.